The number of esters is 1. The van der Waals surface area contributed by atoms with Gasteiger partial charge < -0.3 is 67.6 Å². The van der Waals surface area contributed by atoms with E-state index >= 15 is 0 Å². The van der Waals surface area contributed by atoms with Crippen molar-refractivity contribution >= 4 is 87.6 Å². The Balaban J connectivity index is 1.08. The van der Waals surface area contributed by atoms with Crippen molar-refractivity contribution in [3.63, 3.8) is 0 Å². The number of rotatable bonds is 25. The zero-order valence-corrected chi connectivity index (χ0v) is 48.0. The van der Waals surface area contributed by atoms with Gasteiger partial charge in [0.15, 0.2) is 11.8 Å². The van der Waals surface area contributed by atoms with Gasteiger partial charge in [0, 0.05) is 86.8 Å². The lowest BCUT2D eigenvalue weighted by atomic mass is 9.72. The van der Waals surface area contributed by atoms with Crippen LogP contribution in [0.1, 0.15) is 71.8 Å². The molecule has 76 heavy (non-hydrogen) atoms. The smallest absolute Gasteiger partial charge is 0.409 e. The molecule has 426 valence electrons. The van der Waals surface area contributed by atoms with Crippen LogP contribution in [-0.4, -0.2) is 192 Å². The van der Waals surface area contributed by atoms with Gasteiger partial charge in [-0.1, -0.05) is 35.4 Å². The first-order valence-corrected chi connectivity index (χ1v) is 27.6. The first kappa shape index (κ1) is 63.0. The molecule has 1 aromatic carbocycles. The van der Waals surface area contributed by atoms with Gasteiger partial charge >= 0.3 is 12.1 Å². The van der Waals surface area contributed by atoms with Crippen LogP contribution < -0.4 is 29.3 Å². The van der Waals surface area contributed by atoms with Gasteiger partial charge in [-0.3, -0.25) is 29.9 Å². The van der Waals surface area contributed by atoms with Gasteiger partial charge in [-0.2, -0.15) is 15.4 Å². The van der Waals surface area contributed by atoms with E-state index < -0.39 is 59.3 Å². The number of halogens is 2. The number of fused-ring (bicyclic) bond motifs is 6. The van der Waals surface area contributed by atoms with Crippen LogP contribution >= 0.6 is 46.2 Å². The van der Waals surface area contributed by atoms with Crippen molar-refractivity contribution in [2.45, 2.75) is 119 Å². The quantitative estimate of drug-likeness (QED) is 0.0309. The molecule has 3 unspecified atom stereocenters. The number of carbonyl (C=O) groups is 6. The lowest BCUT2D eigenvalue weighted by molar-refractivity contribution is -0.328. The number of benzene rings is 1. The Morgan fingerprint density at radius 2 is 1.71 bits per heavy atom. The van der Waals surface area contributed by atoms with Crippen LogP contribution in [0, 0.1) is 0 Å². The third-order valence-electron chi connectivity index (χ3n) is 13.1. The van der Waals surface area contributed by atoms with Crippen LogP contribution in [0.25, 0.3) is 0 Å². The lowest BCUT2D eigenvalue weighted by Crippen LogP contribution is -2.72. The fourth-order valence-electron chi connectivity index (χ4n) is 9.10. The largest absolute Gasteiger partial charge is 0.495 e. The summed E-state index contributed by atoms with van der Waals surface area (Å²) >= 11 is 10.1. The van der Waals surface area contributed by atoms with Crippen molar-refractivity contribution in [3.05, 3.63) is 46.5 Å². The van der Waals surface area contributed by atoms with E-state index in [-0.39, 0.29) is 99.6 Å². The molecule has 0 aromatic heterocycles. The monoisotopic (exact) mass is 1220 g/mol. The second kappa shape index (κ2) is 30.5. The molecule has 5 aliphatic heterocycles. The number of nitrogens with zero attached hydrogens (tertiary/aromatic N) is 2. The van der Waals surface area contributed by atoms with Crippen LogP contribution in [-0.2, 0) is 73.0 Å². The number of hydrazine groups is 1. The summed E-state index contributed by atoms with van der Waals surface area (Å²) in [5.74, 6) is -0.798. The van der Waals surface area contributed by atoms with E-state index in [1.807, 2.05) is 13.0 Å². The molecule has 23 nitrogen and oxygen atoms in total. The maximum absolute atomic E-state index is 14.3. The average molecular weight is 1230 g/mol. The van der Waals surface area contributed by atoms with Crippen molar-refractivity contribution in [1.29, 1.82) is 0 Å². The summed E-state index contributed by atoms with van der Waals surface area (Å²) in [6, 6.07) is 3.57. The predicted molar refractivity (Wildman–Crippen MR) is 288 cm³/mol. The molecule has 1 aromatic rings. The van der Waals surface area contributed by atoms with Crippen molar-refractivity contribution in [3.8, 4) is 5.75 Å². The van der Waals surface area contributed by atoms with E-state index in [0.717, 1.165) is 11.1 Å². The molecule has 5 heterocycles. The molecule has 8 atom stereocenters. The van der Waals surface area contributed by atoms with Gasteiger partial charge in [-0.05, 0) is 51.8 Å². The van der Waals surface area contributed by atoms with E-state index in [9.17, 15) is 33.9 Å². The van der Waals surface area contributed by atoms with E-state index in [2.05, 4.69) is 19.7 Å². The number of carbonyl (C=O) groups excluding carboxylic acids is 6. The van der Waals surface area contributed by atoms with Gasteiger partial charge in [0.25, 0.3) is 0 Å². The van der Waals surface area contributed by atoms with Crippen molar-refractivity contribution in [2.24, 2.45) is 0 Å². The fraction of sp³-hybridized carbons (Fsp3) is 0.680. The van der Waals surface area contributed by atoms with E-state index in [0.29, 0.717) is 63.2 Å². The number of aliphatic hydroxyl groups is 1. The minimum atomic E-state index is -1.88. The van der Waals surface area contributed by atoms with Gasteiger partial charge in [0.05, 0.1) is 78.5 Å². The molecule has 0 radical (unpaired) electrons. The zero-order valence-electron chi connectivity index (χ0n) is 44.2. The molecule has 26 heteroatoms. The van der Waals surface area contributed by atoms with E-state index in [4.69, 9.17) is 59.0 Å². The molecular formula is C50H74ClIN6O17S. The zero-order chi connectivity index (χ0) is 55.5. The number of thioether (sulfide) groups is 1. The number of nitrogens with one attached hydrogen (secondary N) is 4. The predicted octanol–water partition coefficient (Wildman–Crippen LogP) is 3.44. The summed E-state index contributed by atoms with van der Waals surface area (Å²) in [5, 5.41) is 17.2. The Morgan fingerprint density at radius 1 is 0.987 bits per heavy atom. The van der Waals surface area contributed by atoms with Crippen molar-refractivity contribution in [1.82, 2.24) is 24.6 Å². The highest BCUT2D eigenvalue weighted by molar-refractivity contribution is 14.1. The number of allylic oxidation sites excluding steroid dienone is 3. The first-order valence-electron chi connectivity index (χ1n) is 25.1. The van der Waals surface area contributed by atoms with Gasteiger partial charge in [-0.15, -0.1) is 0 Å². The summed E-state index contributed by atoms with van der Waals surface area (Å²) in [7, 11) is 4.47. The minimum Gasteiger partial charge on any atom is -0.495 e. The Morgan fingerprint density at radius 3 is 2.43 bits per heavy atom. The molecular weight excluding hydrogens is 1150 g/mol. The second-order valence-corrected chi connectivity index (χ2v) is 21.5. The average Bonchev–Trinajstić information content (AvgIpc) is 3.55. The fourth-order valence-corrected chi connectivity index (χ4v) is 10.7. The minimum absolute atomic E-state index is 0.0431. The highest BCUT2D eigenvalue weighted by Crippen LogP contribution is 2.50. The van der Waals surface area contributed by atoms with Crippen LogP contribution in [0.5, 0.6) is 5.75 Å². The highest BCUT2D eigenvalue weighted by Gasteiger charge is 2.63. The van der Waals surface area contributed by atoms with Gasteiger partial charge in [0.1, 0.15) is 47.0 Å². The number of alkyl carbamates (subject to hydrolysis) is 1. The van der Waals surface area contributed by atoms with Crippen molar-refractivity contribution in [2.75, 3.05) is 105 Å². The number of ether oxygens (including phenoxy) is 10. The maximum atomic E-state index is 14.3. The summed E-state index contributed by atoms with van der Waals surface area (Å²) in [4.78, 5) is 80.7. The first-order chi connectivity index (χ1) is 36.2. The Kier molecular flexibility index (Phi) is 25.3. The number of hydrogen-bond acceptors (Lipinski definition) is 19. The third-order valence-corrected chi connectivity index (χ3v) is 15.0. The van der Waals surface area contributed by atoms with Crippen molar-refractivity contribution < 1.29 is 81.2 Å². The molecule has 6 rings (SSSR count). The summed E-state index contributed by atoms with van der Waals surface area (Å²) in [6.45, 7) is 9.55. The Labute approximate surface area is 467 Å². The third kappa shape index (κ3) is 18.6. The van der Waals surface area contributed by atoms with E-state index in [1.165, 1.54) is 42.7 Å². The number of hydrogen-bond donors (Lipinski definition) is 5. The van der Waals surface area contributed by atoms with Crippen LogP contribution in [0.4, 0.5) is 10.5 Å². The van der Waals surface area contributed by atoms with E-state index in [1.54, 1.807) is 68.0 Å². The van der Waals surface area contributed by atoms with Gasteiger partial charge in [-0.25, -0.2) is 9.59 Å². The SMILES string of the molecule is COc1cc2cc(c1Cl)N(C)C(=O)C[C@H](OC(=O)[C@H](C)OCCOCCSC1COCN(CCC(=O)NCCOCCOCCC(=O)NNI)C(=O)C1)[C@@]1(C)CC(C)(O1)C1C[C@@](O)(NC(=O)O1)[C@H](OC)/C=C/C=C(\C)C2. The number of amides is 5. The molecule has 5 amide bonds. The normalized spacial score (nSPS) is 27.7. The number of methoxy groups -OCH3 is 2. The van der Waals surface area contributed by atoms with Crippen LogP contribution in [0.15, 0.2) is 35.9 Å². The summed E-state index contributed by atoms with van der Waals surface area (Å²) in [5.41, 5.74) is 0.198. The Bertz CT molecular complexity index is 2210. The van der Waals surface area contributed by atoms with Crippen LogP contribution in [0.3, 0.4) is 0 Å². The Hall–Kier alpha value is -3.87. The molecule has 0 spiro atoms. The molecule has 6 bridgehead atoms. The summed E-state index contributed by atoms with van der Waals surface area (Å²) in [6.07, 6.45) is 0.888. The maximum Gasteiger partial charge on any atom is 0.409 e. The molecule has 3 fully saturated rings. The molecule has 0 saturated carbocycles. The molecule has 5 aliphatic rings. The summed E-state index contributed by atoms with van der Waals surface area (Å²) < 4.78 is 60.3. The topological polar surface area (TPSA) is 270 Å². The highest BCUT2D eigenvalue weighted by atomic mass is 127. The lowest BCUT2D eigenvalue weighted by Gasteiger charge is -2.59. The second-order valence-electron chi connectivity index (χ2n) is 19.2. The number of anilines is 1. The standard InChI is InChI=1S/C50H74ClIN6O17S/c1-32-9-8-10-38(67-7)50(65)28-40(74-47(64)54-50)49(4)30-48(3,75-49)39(27-43(61)57(5)36-24-34(23-32)25-37(66-6)45(36)51)73-46(63)33(2)72-20-19-70-21-22-76-35-26-44(62)58(31-71-29-35)14-11-41(59)53-13-16-69-18-17-68-15-12-42(60)55-56-52/h8-10,24-25,33,35,38-40,56,65H,11-23,26-31H2,1-7H3,(H,53,59)(H,54,64)(H,55,60)/b10-8+,32-9+/t33-,35?,38+,39-,40?,48+,49?,50-/m0/s1. The van der Waals surface area contributed by atoms with Gasteiger partial charge in [0.2, 0.25) is 23.6 Å². The molecule has 0 aliphatic carbocycles. The van der Waals surface area contributed by atoms with Crippen LogP contribution in [0.2, 0.25) is 5.02 Å². The molecule has 5 N–H and O–H groups in total. The molecule has 3 saturated heterocycles.